The summed E-state index contributed by atoms with van der Waals surface area (Å²) in [7, 11) is 1.60. The van der Waals surface area contributed by atoms with E-state index in [0.717, 1.165) is 50.9 Å². The number of nitrogens with zero attached hydrogens (tertiary/aromatic N) is 5. The number of benzene rings is 2. The maximum atomic E-state index is 14.3. The Kier molecular flexibility index (Phi) is 11.0. The lowest BCUT2D eigenvalue weighted by molar-refractivity contribution is -0.137. The summed E-state index contributed by atoms with van der Waals surface area (Å²) >= 11 is 6.19. The zero-order valence-corrected chi connectivity index (χ0v) is 28.2. The number of aromatic nitrogens is 3. The van der Waals surface area contributed by atoms with Crippen LogP contribution in [0, 0.1) is 11.3 Å². The molecule has 3 amide bonds. The van der Waals surface area contributed by atoms with E-state index in [1.165, 1.54) is 32.1 Å². The average Bonchev–Trinajstić information content (AvgIpc) is 3.62. The van der Waals surface area contributed by atoms with E-state index in [2.05, 4.69) is 25.6 Å². The van der Waals surface area contributed by atoms with Crippen LogP contribution in [0.5, 0.6) is 5.75 Å². The molecular formula is C36H48ClN7O3. The third-order valence-corrected chi connectivity index (χ3v) is 11.0. The molecule has 11 heteroatoms. The third kappa shape index (κ3) is 8.27. The molecule has 3 aromatic rings. The number of hydrogen-bond donors (Lipinski definition) is 2. The number of para-hydroxylation sites is 2. The molecule has 0 bridgehead atoms. The van der Waals surface area contributed by atoms with Crippen molar-refractivity contribution in [1.82, 2.24) is 29.9 Å². The van der Waals surface area contributed by atoms with E-state index >= 15 is 0 Å². The second kappa shape index (κ2) is 15.5. The molecule has 2 aliphatic heterocycles. The van der Waals surface area contributed by atoms with Gasteiger partial charge in [-0.3, -0.25) is 9.48 Å². The summed E-state index contributed by atoms with van der Waals surface area (Å²) in [5, 5.41) is 11.9. The molecule has 1 atom stereocenters. The van der Waals surface area contributed by atoms with Crippen LogP contribution in [0.3, 0.4) is 0 Å². The fourth-order valence-corrected chi connectivity index (χ4v) is 8.12. The molecule has 47 heavy (non-hydrogen) atoms. The van der Waals surface area contributed by atoms with Gasteiger partial charge in [-0.1, -0.05) is 55.1 Å². The van der Waals surface area contributed by atoms with Crippen LogP contribution in [-0.2, 0) is 17.8 Å². The predicted octanol–water partition coefficient (Wildman–Crippen LogP) is 6.03. The number of halogens is 1. The number of carbonyl (C=O) groups excluding carboxylic acids is 2. The predicted molar refractivity (Wildman–Crippen MR) is 184 cm³/mol. The van der Waals surface area contributed by atoms with Crippen LogP contribution < -0.4 is 15.4 Å². The van der Waals surface area contributed by atoms with Gasteiger partial charge in [-0.2, -0.15) is 5.10 Å². The number of anilines is 1. The Morgan fingerprint density at radius 3 is 2.36 bits per heavy atom. The van der Waals surface area contributed by atoms with Gasteiger partial charge in [-0.15, -0.1) is 0 Å². The summed E-state index contributed by atoms with van der Waals surface area (Å²) < 4.78 is 7.39. The van der Waals surface area contributed by atoms with E-state index in [0.29, 0.717) is 41.9 Å². The van der Waals surface area contributed by atoms with Crippen molar-refractivity contribution in [2.24, 2.45) is 11.3 Å². The zero-order chi connectivity index (χ0) is 32.6. The SMILES string of the molecule is COc1ccccc1NC(=O)N1CCC(N[C@H](Cc2ccc(Cl)cc2)C(=O)N2CCC(Cn3cncn3)(C3CCCCC3)CC2)CC1. The van der Waals surface area contributed by atoms with Gasteiger partial charge in [0, 0.05) is 43.8 Å². The number of amides is 3. The van der Waals surface area contributed by atoms with Crippen molar-refractivity contribution in [3.05, 3.63) is 71.8 Å². The topological polar surface area (TPSA) is 105 Å². The molecule has 1 saturated carbocycles. The Labute approximate surface area is 283 Å². The molecule has 3 heterocycles. The number of carbonyl (C=O) groups is 2. The second-order valence-corrected chi connectivity index (χ2v) is 14.0. The lowest BCUT2D eigenvalue weighted by atomic mass is 9.63. The van der Waals surface area contributed by atoms with Gasteiger partial charge in [0.25, 0.3) is 0 Å². The fraction of sp³-hybridized carbons (Fsp3) is 0.556. The van der Waals surface area contributed by atoms with Gasteiger partial charge in [-0.25, -0.2) is 9.78 Å². The molecule has 0 radical (unpaired) electrons. The largest absolute Gasteiger partial charge is 0.495 e. The first kappa shape index (κ1) is 33.3. The zero-order valence-electron chi connectivity index (χ0n) is 27.5. The Morgan fingerprint density at radius 1 is 0.957 bits per heavy atom. The van der Waals surface area contributed by atoms with E-state index in [1.54, 1.807) is 13.4 Å². The van der Waals surface area contributed by atoms with Crippen molar-refractivity contribution >= 4 is 29.2 Å². The first-order valence-electron chi connectivity index (χ1n) is 17.2. The molecule has 0 spiro atoms. The standard InChI is InChI=1S/C36H48ClN7O3/c1-47-33-10-6-5-9-31(33)41-35(46)43-19-15-30(16-20-43)40-32(23-27-11-13-29(37)14-12-27)34(45)42-21-17-36(18-22-42,24-44-26-38-25-39-44)28-7-3-2-4-8-28/h5-6,9-14,25-26,28,30,32,40H,2-4,7-8,15-24H2,1H3,(H,41,46)/t32-/m1/s1. The molecule has 1 aliphatic carbocycles. The van der Waals surface area contributed by atoms with Crippen LogP contribution in [0.2, 0.25) is 5.02 Å². The van der Waals surface area contributed by atoms with Gasteiger partial charge in [-0.05, 0) is 86.1 Å². The summed E-state index contributed by atoms with van der Waals surface area (Å²) in [6.07, 6.45) is 14.0. The number of urea groups is 1. The van der Waals surface area contributed by atoms with Crippen molar-refractivity contribution in [2.45, 2.75) is 82.8 Å². The highest BCUT2D eigenvalue weighted by molar-refractivity contribution is 6.30. The number of hydrogen-bond acceptors (Lipinski definition) is 6. The Morgan fingerprint density at radius 2 is 1.68 bits per heavy atom. The van der Waals surface area contributed by atoms with E-state index in [4.69, 9.17) is 16.3 Å². The van der Waals surface area contributed by atoms with E-state index in [-0.39, 0.29) is 29.4 Å². The molecule has 2 aromatic carbocycles. The van der Waals surface area contributed by atoms with Gasteiger partial charge >= 0.3 is 6.03 Å². The van der Waals surface area contributed by atoms with Gasteiger partial charge in [0.15, 0.2) is 0 Å². The monoisotopic (exact) mass is 661 g/mol. The van der Waals surface area contributed by atoms with Crippen LogP contribution in [0.15, 0.2) is 61.2 Å². The number of methoxy groups -OCH3 is 1. The average molecular weight is 662 g/mol. The molecule has 2 saturated heterocycles. The minimum Gasteiger partial charge on any atom is -0.495 e. The molecule has 3 aliphatic rings. The van der Waals surface area contributed by atoms with E-state index in [1.807, 2.05) is 64.4 Å². The molecule has 2 N–H and O–H groups in total. The fourth-order valence-electron chi connectivity index (χ4n) is 7.99. The molecule has 1 aromatic heterocycles. The summed E-state index contributed by atoms with van der Waals surface area (Å²) in [4.78, 5) is 35.5. The van der Waals surface area contributed by atoms with Crippen molar-refractivity contribution in [3.63, 3.8) is 0 Å². The molecule has 3 fully saturated rings. The smallest absolute Gasteiger partial charge is 0.321 e. The number of rotatable bonds is 10. The molecule has 10 nitrogen and oxygen atoms in total. The van der Waals surface area contributed by atoms with Crippen LogP contribution in [0.4, 0.5) is 10.5 Å². The maximum Gasteiger partial charge on any atom is 0.321 e. The highest BCUT2D eigenvalue weighted by Gasteiger charge is 2.44. The Hall–Kier alpha value is -3.63. The van der Waals surface area contributed by atoms with Crippen molar-refractivity contribution in [3.8, 4) is 5.75 Å². The summed E-state index contributed by atoms with van der Waals surface area (Å²) in [5.41, 5.74) is 1.87. The highest BCUT2D eigenvalue weighted by Crippen LogP contribution is 2.47. The summed E-state index contributed by atoms with van der Waals surface area (Å²) in [6.45, 7) is 3.59. The Balaban J connectivity index is 1.10. The minimum atomic E-state index is -0.354. The van der Waals surface area contributed by atoms with Gasteiger partial charge in [0.2, 0.25) is 5.91 Å². The summed E-state index contributed by atoms with van der Waals surface area (Å²) in [6, 6.07) is 14.9. The Bertz CT molecular complexity index is 1450. The van der Waals surface area contributed by atoms with E-state index in [9.17, 15) is 9.59 Å². The molecule has 0 unspecified atom stereocenters. The molecule has 252 valence electrons. The highest BCUT2D eigenvalue weighted by atomic mass is 35.5. The number of likely N-dealkylation sites (tertiary alicyclic amines) is 2. The quantitative estimate of drug-likeness (QED) is 0.275. The summed E-state index contributed by atoms with van der Waals surface area (Å²) in [5.74, 6) is 1.45. The van der Waals surface area contributed by atoms with Crippen LogP contribution in [0.1, 0.15) is 63.4 Å². The van der Waals surface area contributed by atoms with Crippen molar-refractivity contribution < 1.29 is 14.3 Å². The number of nitrogens with one attached hydrogen (secondary N) is 2. The van der Waals surface area contributed by atoms with Crippen LogP contribution in [0.25, 0.3) is 0 Å². The van der Waals surface area contributed by atoms with E-state index < -0.39 is 0 Å². The minimum absolute atomic E-state index is 0.130. The first-order chi connectivity index (χ1) is 22.9. The molecular weight excluding hydrogens is 614 g/mol. The normalized spacial score (nSPS) is 19.7. The lowest BCUT2D eigenvalue weighted by Gasteiger charge is -2.48. The number of ether oxygens (including phenoxy) is 1. The number of piperidine rings is 2. The van der Waals surface area contributed by atoms with Crippen molar-refractivity contribution in [2.75, 3.05) is 38.6 Å². The second-order valence-electron chi connectivity index (χ2n) is 13.6. The van der Waals surface area contributed by atoms with Gasteiger partial charge in [0.05, 0.1) is 18.8 Å². The van der Waals surface area contributed by atoms with Crippen molar-refractivity contribution in [1.29, 1.82) is 0 Å². The molecule has 6 rings (SSSR count). The third-order valence-electron chi connectivity index (χ3n) is 10.7. The van der Waals surface area contributed by atoms with Crippen LogP contribution in [-0.4, -0.2) is 81.9 Å². The van der Waals surface area contributed by atoms with Crippen LogP contribution >= 0.6 is 11.6 Å². The first-order valence-corrected chi connectivity index (χ1v) is 17.6. The lowest BCUT2D eigenvalue weighted by Crippen LogP contribution is -2.56. The van der Waals surface area contributed by atoms with Gasteiger partial charge in [0.1, 0.15) is 18.4 Å². The maximum absolute atomic E-state index is 14.3. The van der Waals surface area contributed by atoms with Gasteiger partial charge < -0.3 is 25.2 Å².